The van der Waals surface area contributed by atoms with Crippen molar-refractivity contribution in [1.29, 1.82) is 0 Å². The van der Waals surface area contributed by atoms with E-state index in [2.05, 4.69) is 17.1 Å². The number of benzene rings is 1. The quantitative estimate of drug-likeness (QED) is 0.817. The molecule has 1 aromatic carbocycles. The van der Waals surface area contributed by atoms with Crippen molar-refractivity contribution in [2.24, 2.45) is 0 Å². The molecule has 1 aromatic heterocycles. The van der Waals surface area contributed by atoms with Crippen LogP contribution in [0.1, 0.15) is 18.5 Å². The van der Waals surface area contributed by atoms with Gasteiger partial charge in [0.05, 0.1) is 6.04 Å². The third-order valence-electron chi connectivity index (χ3n) is 2.35. The lowest BCUT2D eigenvalue weighted by Crippen LogP contribution is -2.05. The first-order chi connectivity index (χ1) is 7.18. The molecule has 0 aliphatic carbocycles. The van der Waals surface area contributed by atoms with E-state index >= 15 is 0 Å². The van der Waals surface area contributed by atoms with E-state index in [0.29, 0.717) is 4.77 Å². The number of aromatic nitrogens is 3. The third kappa shape index (κ3) is 2.11. The third-order valence-corrected chi connectivity index (χ3v) is 2.90. The molecule has 2 rings (SSSR count). The molecule has 0 bridgehead atoms. The zero-order chi connectivity index (χ0) is 10.8. The van der Waals surface area contributed by atoms with Crippen molar-refractivity contribution >= 4 is 23.8 Å². The van der Waals surface area contributed by atoms with Gasteiger partial charge in [-0.05, 0) is 36.8 Å². The highest BCUT2D eigenvalue weighted by molar-refractivity contribution is 7.71. The smallest absolute Gasteiger partial charge is 0.195 e. The van der Waals surface area contributed by atoms with Gasteiger partial charge >= 0.3 is 0 Å². The molecular formula is C10H10ClN3S. The Morgan fingerprint density at radius 2 is 2.07 bits per heavy atom. The predicted molar refractivity (Wildman–Crippen MR) is 62.7 cm³/mol. The number of hydrogen-bond donors (Lipinski definition) is 1. The van der Waals surface area contributed by atoms with Crippen LogP contribution in [-0.2, 0) is 0 Å². The molecule has 1 N–H and O–H groups in total. The highest BCUT2D eigenvalue weighted by Gasteiger charge is 2.08. The zero-order valence-electron chi connectivity index (χ0n) is 8.14. The Morgan fingerprint density at radius 3 is 2.60 bits per heavy atom. The molecule has 0 saturated heterocycles. The van der Waals surface area contributed by atoms with Gasteiger partial charge in [-0.3, -0.25) is 9.67 Å². The van der Waals surface area contributed by atoms with E-state index in [0.717, 1.165) is 10.6 Å². The molecule has 0 spiro atoms. The molecule has 15 heavy (non-hydrogen) atoms. The average Bonchev–Trinajstić information content (AvgIpc) is 2.65. The van der Waals surface area contributed by atoms with E-state index in [4.69, 9.17) is 23.8 Å². The largest absolute Gasteiger partial charge is 0.299 e. The molecule has 0 radical (unpaired) electrons. The van der Waals surface area contributed by atoms with Gasteiger partial charge in [-0.15, -0.1) is 0 Å². The van der Waals surface area contributed by atoms with Gasteiger partial charge < -0.3 is 0 Å². The Bertz CT molecular complexity index is 500. The summed E-state index contributed by atoms with van der Waals surface area (Å²) in [5, 5.41) is 7.36. The van der Waals surface area contributed by atoms with Crippen LogP contribution in [0, 0.1) is 4.77 Å². The first-order valence-corrected chi connectivity index (χ1v) is 5.34. The Labute approximate surface area is 97.7 Å². The topological polar surface area (TPSA) is 33.6 Å². The van der Waals surface area contributed by atoms with E-state index in [1.54, 1.807) is 6.33 Å². The number of halogens is 1. The summed E-state index contributed by atoms with van der Waals surface area (Å²) in [6.07, 6.45) is 1.70. The Morgan fingerprint density at radius 1 is 1.40 bits per heavy atom. The van der Waals surface area contributed by atoms with Gasteiger partial charge in [0, 0.05) is 5.02 Å². The predicted octanol–water partition coefficient (Wildman–Crippen LogP) is 3.20. The maximum atomic E-state index is 5.83. The summed E-state index contributed by atoms with van der Waals surface area (Å²) in [4.78, 5) is 0. The van der Waals surface area contributed by atoms with Crippen LogP contribution in [0.3, 0.4) is 0 Å². The van der Waals surface area contributed by atoms with Gasteiger partial charge in [0.1, 0.15) is 6.33 Å². The van der Waals surface area contributed by atoms with Crippen LogP contribution in [0.5, 0.6) is 0 Å². The molecule has 5 heteroatoms. The van der Waals surface area contributed by atoms with Gasteiger partial charge in [-0.25, -0.2) is 0 Å². The minimum Gasteiger partial charge on any atom is -0.299 e. The van der Waals surface area contributed by atoms with Gasteiger partial charge in [0.15, 0.2) is 4.77 Å². The van der Waals surface area contributed by atoms with Crippen LogP contribution in [0.25, 0.3) is 0 Å². The molecule has 0 fully saturated rings. The number of nitrogens with zero attached hydrogens (tertiary/aromatic N) is 2. The van der Waals surface area contributed by atoms with Crippen molar-refractivity contribution < 1.29 is 0 Å². The first-order valence-electron chi connectivity index (χ1n) is 4.55. The molecule has 0 amide bonds. The van der Waals surface area contributed by atoms with Crippen molar-refractivity contribution in [1.82, 2.24) is 14.8 Å². The van der Waals surface area contributed by atoms with Crippen molar-refractivity contribution in [3.05, 3.63) is 45.9 Å². The number of nitrogens with one attached hydrogen (secondary N) is 1. The van der Waals surface area contributed by atoms with Crippen LogP contribution in [0.2, 0.25) is 5.02 Å². The normalized spacial score (nSPS) is 12.7. The monoisotopic (exact) mass is 239 g/mol. The maximum absolute atomic E-state index is 5.83. The van der Waals surface area contributed by atoms with E-state index in [9.17, 15) is 0 Å². The van der Waals surface area contributed by atoms with Gasteiger partial charge in [0.25, 0.3) is 0 Å². The Hall–Kier alpha value is -1.13. The highest BCUT2D eigenvalue weighted by atomic mass is 35.5. The molecule has 1 atom stereocenters. The first kappa shape index (κ1) is 10.4. The molecule has 1 unspecified atom stereocenters. The van der Waals surface area contributed by atoms with Crippen molar-refractivity contribution in [2.75, 3.05) is 0 Å². The second-order valence-electron chi connectivity index (χ2n) is 3.30. The van der Waals surface area contributed by atoms with Gasteiger partial charge in [-0.2, -0.15) is 5.10 Å². The van der Waals surface area contributed by atoms with Crippen LogP contribution in [0.15, 0.2) is 30.6 Å². The van der Waals surface area contributed by atoms with E-state index in [1.807, 2.05) is 28.8 Å². The fraction of sp³-hybridized carbons (Fsp3) is 0.200. The molecule has 78 valence electrons. The summed E-state index contributed by atoms with van der Waals surface area (Å²) in [5.74, 6) is 0. The summed E-state index contributed by atoms with van der Waals surface area (Å²) in [7, 11) is 0. The van der Waals surface area contributed by atoms with E-state index in [1.165, 1.54) is 0 Å². The molecule has 0 aliphatic rings. The molecule has 3 nitrogen and oxygen atoms in total. The fourth-order valence-electron chi connectivity index (χ4n) is 1.43. The van der Waals surface area contributed by atoms with Crippen molar-refractivity contribution in [3.8, 4) is 0 Å². The van der Waals surface area contributed by atoms with Crippen LogP contribution >= 0.6 is 23.8 Å². The number of rotatable bonds is 2. The second kappa shape index (κ2) is 4.16. The standard InChI is InChI=1S/C10H10ClN3S/c1-7(14-6-12-13-10(14)15)8-2-4-9(11)5-3-8/h2-7H,1H3,(H,13,15). The minimum atomic E-state index is 0.161. The fourth-order valence-corrected chi connectivity index (χ4v) is 1.82. The molecule has 0 aliphatic heterocycles. The van der Waals surface area contributed by atoms with Crippen LogP contribution in [0.4, 0.5) is 0 Å². The lowest BCUT2D eigenvalue weighted by atomic mass is 10.1. The summed E-state index contributed by atoms with van der Waals surface area (Å²) in [6, 6.07) is 7.88. The summed E-state index contributed by atoms with van der Waals surface area (Å²) >= 11 is 10.9. The average molecular weight is 240 g/mol. The lowest BCUT2D eigenvalue weighted by Gasteiger charge is -2.12. The molecule has 1 heterocycles. The van der Waals surface area contributed by atoms with Crippen LogP contribution < -0.4 is 0 Å². The number of hydrogen-bond acceptors (Lipinski definition) is 2. The summed E-state index contributed by atoms with van der Waals surface area (Å²) in [6.45, 7) is 2.06. The van der Waals surface area contributed by atoms with E-state index < -0.39 is 0 Å². The number of H-pyrrole nitrogens is 1. The highest BCUT2D eigenvalue weighted by Crippen LogP contribution is 2.19. The molecule has 0 saturated carbocycles. The molecule has 2 aromatic rings. The van der Waals surface area contributed by atoms with Crippen molar-refractivity contribution in [2.45, 2.75) is 13.0 Å². The summed E-state index contributed by atoms with van der Waals surface area (Å²) < 4.78 is 2.52. The SMILES string of the molecule is CC(c1ccc(Cl)cc1)n1cn[nH]c1=S. The second-order valence-corrected chi connectivity index (χ2v) is 4.12. The zero-order valence-corrected chi connectivity index (χ0v) is 9.72. The van der Waals surface area contributed by atoms with Gasteiger partial charge in [0.2, 0.25) is 0 Å². The molecular weight excluding hydrogens is 230 g/mol. The lowest BCUT2D eigenvalue weighted by molar-refractivity contribution is 0.628. The Balaban J connectivity index is 2.36. The Kier molecular flexibility index (Phi) is 2.88. The van der Waals surface area contributed by atoms with Gasteiger partial charge in [-0.1, -0.05) is 23.7 Å². The number of aromatic amines is 1. The minimum absolute atomic E-state index is 0.161. The maximum Gasteiger partial charge on any atom is 0.195 e. The van der Waals surface area contributed by atoms with Crippen LogP contribution in [-0.4, -0.2) is 14.8 Å². The van der Waals surface area contributed by atoms with Crippen molar-refractivity contribution in [3.63, 3.8) is 0 Å². The van der Waals surface area contributed by atoms with E-state index in [-0.39, 0.29) is 6.04 Å². The summed E-state index contributed by atoms with van der Waals surface area (Å²) in [5.41, 5.74) is 1.15.